The van der Waals surface area contributed by atoms with Crippen LogP contribution in [0.5, 0.6) is 0 Å². The highest BCUT2D eigenvalue weighted by Gasteiger charge is 2.34. The first-order valence-electron chi connectivity index (χ1n) is 8.12. The maximum absolute atomic E-state index is 13.1. The van der Waals surface area contributed by atoms with Gasteiger partial charge in [-0.2, -0.15) is 18.2 Å². The van der Waals surface area contributed by atoms with Gasteiger partial charge in [0.15, 0.2) is 10.8 Å². The summed E-state index contributed by atoms with van der Waals surface area (Å²) < 4.78 is 44.8. The van der Waals surface area contributed by atoms with Crippen molar-refractivity contribution in [1.29, 1.82) is 0 Å². The van der Waals surface area contributed by atoms with Gasteiger partial charge in [0.05, 0.1) is 6.54 Å². The highest BCUT2D eigenvalue weighted by atomic mass is 32.1. The molecule has 2 aromatic rings. The zero-order valence-corrected chi connectivity index (χ0v) is 14.9. The lowest BCUT2D eigenvalue weighted by molar-refractivity contribution is -0.141. The van der Waals surface area contributed by atoms with Crippen LogP contribution in [0.1, 0.15) is 30.1 Å². The van der Waals surface area contributed by atoms with Crippen LogP contribution in [-0.2, 0) is 12.7 Å². The number of anilines is 2. The number of hydrogen-bond donors (Lipinski definition) is 2. The van der Waals surface area contributed by atoms with Crippen LogP contribution in [0, 0.1) is 6.92 Å². The molecule has 140 valence electrons. The third-order valence-corrected chi connectivity index (χ3v) is 4.12. The summed E-state index contributed by atoms with van der Waals surface area (Å²) in [6, 6.07) is 4.57. The van der Waals surface area contributed by atoms with Gasteiger partial charge in [0.25, 0.3) is 0 Å². The Morgan fingerprint density at radius 1 is 1.27 bits per heavy atom. The van der Waals surface area contributed by atoms with Gasteiger partial charge in [-0.05, 0) is 44.1 Å². The van der Waals surface area contributed by atoms with Gasteiger partial charge < -0.3 is 20.0 Å². The number of nitrogens with one attached hydrogen (secondary N) is 2. The van der Waals surface area contributed by atoms with Crippen LogP contribution in [0.4, 0.5) is 24.9 Å². The van der Waals surface area contributed by atoms with E-state index >= 15 is 0 Å². The highest BCUT2D eigenvalue weighted by Crippen LogP contribution is 2.31. The van der Waals surface area contributed by atoms with Crippen molar-refractivity contribution in [2.45, 2.75) is 32.5 Å². The Labute approximate surface area is 153 Å². The lowest BCUT2D eigenvalue weighted by Gasteiger charge is -2.19. The summed E-state index contributed by atoms with van der Waals surface area (Å²) in [5.41, 5.74) is -0.999. The van der Waals surface area contributed by atoms with E-state index in [1.54, 1.807) is 6.07 Å². The summed E-state index contributed by atoms with van der Waals surface area (Å²) in [6.45, 7) is 3.47. The fraction of sp³-hybridized carbons (Fsp3) is 0.438. The van der Waals surface area contributed by atoms with Gasteiger partial charge in [0, 0.05) is 19.2 Å². The molecule has 1 fully saturated rings. The maximum atomic E-state index is 13.1. The average Bonchev–Trinajstić information content (AvgIpc) is 3.23. The van der Waals surface area contributed by atoms with E-state index in [1.807, 2.05) is 17.9 Å². The molecular formula is C16H18F3N5OS. The molecule has 0 radical (unpaired) electrons. The molecule has 6 nitrogen and oxygen atoms in total. The lowest BCUT2D eigenvalue weighted by Crippen LogP contribution is -2.29. The van der Waals surface area contributed by atoms with Gasteiger partial charge >= 0.3 is 6.18 Å². The summed E-state index contributed by atoms with van der Waals surface area (Å²) in [5.74, 6) is 1.48. The number of hydrogen-bond acceptors (Lipinski definition) is 5. The van der Waals surface area contributed by atoms with Crippen molar-refractivity contribution in [2.75, 3.05) is 23.3 Å². The Bertz CT molecular complexity index is 786. The van der Waals surface area contributed by atoms with Crippen LogP contribution in [0.3, 0.4) is 0 Å². The predicted octanol–water partition coefficient (Wildman–Crippen LogP) is 3.48. The molecule has 3 heterocycles. The number of nitrogens with zero attached hydrogens (tertiary/aromatic N) is 3. The van der Waals surface area contributed by atoms with E-state index in [-0.39, 0.29) is 16.9 Å². The molecule has 2 N–H and O–H groups in total. The molecular weight excluding hydrogens is 367 g/mol. The van der Waals surface area contributed by atoms with Crippen LogP contribution in [0.2, 0.25) is 0 Å². The maximum Gasteiger partial charge on any atom is 0.433 e. The second kappa shape index (κ2) is 7.48. The SMILES string of the molecule is Cc1ccc(CNC(=S)Nc2nc(N3CCCC3)cc(C(F)(F)F)n2)o1. The molecule has 0 saturated carbocycles. The Morgan fingerprint density at radius 2 is 2.00 bits per heavy atom. The molecule has 0 bridgehead atoms. The number of halogens is 3. The quantitative estimate of drug-likeness (QED) is 0.781. The minimum absolute atomic E-state index is 0.116. The Balaban J connectivity index is 1.72. The van der Waals surface area contributed by atoms with Gasteiger partial charge in [0.2, 0.25) is 5.95 Å². The Morgan fingerprint density at radius 3 is 2.62 bits per heavy atom. The zero-order valence-electron chi connectivity index (χ0n) is 14.1. The van der Waals surface area contributed by atoms with Gasteiger partial charge in [-0.3, -0.25) is 0 Å². The molecule has 10 heteroatoms. The number of aryl methyl sites for hydroxylation is 1. The first-order valence-corrected chi connectivity index (χ1v) is 8.53. The van der Waals surface area contributed by atoms with E-state index in [2.05, 4.69) is 20.6 Å². The molecule has 0 atom stereocenters. The van der Waals surface area contributed by atoms with E-state index in [1.165, 1.54) is 0 Å². The van der Waals surface area contributed by atoms with Crippen LogP contribution in [-0.4, -0.2) is 28.2 Å². The first kappa shape index (κ1) is 18.4. The van der Waals surface area contributed by atoms with Crippen molar-refractivity contribution in [3.8, 4) is 0 Å². The van der Waals surface area contributed by atoms with E-state index in [0.717, 1.165) is 24.7 Å². The molecule has 0 unspecified atom stereocenters. The first-order chi connectivity index (χ1) is 12.3. The Kier molecular flexibility index (Phi) is 5.30. The minimum atomic E-state index is -4.56. The van der Waals surface area contributed by atoms with Gasteiger partial charge in [-0.25, -0.2) is 4.98 Å². The van der Waals surface area contributed by atoms with Gasteiger partial charge in [-0.15, -0.1) is 0 Å². The summed E-state index contributed by atoms with van der Waals surface area (Å²) in [6.07, 6.45) is -2.71. The molecule has 2 aromatic heterocycles. The van der Waals surface area contributed by atoms with E-state index in [4.69, 9.17) is 16.6 Å². The lowest BCUT2D eigenvalue weighted by atomic mass is 10.3. The third kappa shape index (κ3) is 4.63. The molecule has 0 amide bonds. The number of rotatable bonds is 4. The number of aromatic nitrogens is 2. The largest absolute Gasteiger partial charge is 0.465 e. The van der Waals surface area contributed by atoms with Crippen molar-refractivity contribution in [3.63, 3.8) is 0 Å². The Hall–Kier alpha value is -2.36. The molecule has 0 spiro atoms. The van der Waals surface area contributed by atoms with E-state index < -0.39 is 11.9 Å². The summed E-state index contributed by atoms with van der Waals surface area (Å²) in [4.78, 5) is 9.54. The molecule has 0 aromatic carbocycles. The zero-order chi connectivity index (χ0) is 18.7. The molecule has 3 rings (SSSR count). The van der Waals surface area contributed by atoms with Crippen molar-refractivity contribution in [2.24, 2.45) is 0 Å². The smallest absolute Gasteiger partial charge is 0.433 e. The van der Waals surface area contributed by atoms with Crippen molar-refractivity contribution < 1.29 is 17.6 Å². The monoisotopic (exact) mass is 385 g/mol. The van der Waals surface area contributed by atoms with Crippen LogP contribution in [0.25, 0.3) is 0 Å². The number of furan rings is 1. The fourth-order valence-corrected chi connectivity index (χ4v) is 2.80. The second-order valence-electron chi connectivity index (χ2n) is 5.95. The number of alkyl halides is 3. The summed E-state index contributed by atoms with van der Waals surface area (Å²) in [7, 11) is 0. The standard InChI is InChI=1S/C16H18F3N5OS/c1-10-4-5-11(25-10)9-20-15(26)23-14-21-12(16(17,18)19)8-13(22-14)24-6-2-3-7-24/h4-5,8H,2-3,6-7,9H2,1H3,(H2,20,21,22,23,26). The normalized spacial score (nSPS) is 14.5. The van der Waals surface area contributed by atoms with Crippen molar-refractivity contribution >= 4 is 29.1 Å². The van der Waals surface area contributed by atoms with Crippen molar-refractivity contribution in [3.05, 3.63) is 35.4 Å². The van der Waals surface area contributed by atoms with Crippen LogP contribution in [0.15, 0.2) is 22.6 Å². The van der Waals surface area contributed by atoms with Gasteiger partial charge in [-0.1, -0.05) is 0 Å². The van der Waals surface area contributed by atoms with E-state index in [9.17, 15) is 13.2 Å². The molecule has 1 aliphatic heterocycles. The molecule has 0 aliphatic carbocycles. The summed E-state index contributed by atoms with van der Waals surface area (Å²) in [5, 5.41) is 5.60. The molecule has 1 saturated heterocycles. The predicted molar refractivity (Wildman–Crippen MR) is 95.0 cm³/mol. The molecule has 1 aliphatic rings. The van der Waals surface area contributed by atoms with Crippen molar-refractivity contribution in [1.82, 2.24) is 15.3 Å². The van der Waals surface area contributed by atoms with E-state index in [0.29, 0.717) is 25.4 Å². The highest BCUT2D eigenvalue weighted by molar-refractivity contribution is 7.80. The average molecular weight is 385 g/mol. The topological polar surface area (TPSA) is 66.2 Å². The minimum Gasteiger partial charge on any atom is -0.465 e. The summed E-state index contributed by atoms with van der Waals surface area (Å²) >= 11 is 5.12. The van der Waals surface area contributed by atoms with Crippen LogP contribution >= 0.6 is 12.2 Å². The second-order valence-corrected chi connectivity index (χ2v) is 6.36. The van der Waals surface area contributed by atoms with Crippen LogP contribution < -0.4 is 15.5 Å². The number of thiocarbonyl (C=S) groups is 1. The third-order valence-electron chi connectivity index (χ3n) is 3.88. The van der Waals surface area contributed by atoms with Gasteiger partial charge in [0.1, 0.15) is 17.3 Å². The molecule has 26 heavy (non-hydrogen) atoms. The fourth-order valence-electron chi connectivity index (χ4n) is 2.64.